The normalized spacial score (nSPS) is 10.6. The molecule has 2 rings (SSSR count). The lowest BCUT2D eigenvalue weighted by molar-refractivity contribution is -0.123. The van der Waals surface area contributed by atoms with Gasteiger partial charge < -0.3 is 4.74 Å². The highest BCUT2D eigenvalue weighted by atomic mass is 32.2. The van der Waals surface area contributed by atoms with Gasteiger partial charge in [-0.05, 0) is 43.0 Å². The molecule has 0 aliphatic carbocycles. The van der Waals surface area contributed by atoms with Crippen LogP contribution in [0, 0.1) is 6.92 Å². The number of thioether (sulfide) groups is 1. The number of aryl methyl sites for hydroxylation is 1. The molecule has 0 atom stereocenters. The molecule has 0 unspecified atom stereocenters. The van der Waals surface area contributed by atoms with Crippen molar-refractivity contribution in [2.45, 2.75) is 11.8 Å². The second kappa shape index (κ2) is 8.24. The first kappa shape index (κ1) is 16.1. The first-order valence-electron chi connectivity index (χ1n) is 6.83. The van der Waals surface area contributed by atoms with E-state index >= 15 is 0 Å². The van der Waals surface area contributed by atoms with Crippen LogP contribution in [0.25, 0.3) is 0 Å². The largest absolute Gasteiger partial charge is 0.484 e. The van der Waals surface area contributed by atoms with Crippen LogP contribution in [-0.4, -0.2) is 25.0 Å². The lowest BCUT2D eigenvalue weighted by Gasteiger charge is -2.05. The zero-order valence-electron chi connectivity index (χ0n) is 12.6. The number of amides is 1. The zero-order chi connectivity index (χ0) is 15.8. The van der Waals surface area contributed by atoms with Gasteiger partial charge in [0, 0.05) is 4.90 Å². The maximum absolute atomic E-state index is 11.6. The number of carbonyl (C=O) groups excluding carboxylic acids is 1. The molecule has 22 heavy (non-hydrogen) atoms. The molecule has 0 saturated heterocycles. The van der Waals surface area contributed by atoms with Crippen LogP contribution in [0.5, 0.6) is 5.75 Å². The lowest BCUT2D eigenvalue weighted by Crippen LogP contribution is -2.24. The van der Waals surface area contributed by atoms with E-state index in [1.807, 2.05) is 61.7 Å². The van der Waals surface area contributed by atoms with Crippen LogP contribution in [0.4, 0.5) is 0 Å². The zero-order valence-corrected chi connectivity index (χ0v) is 13.4. The summed E-state index contributed by atoms with van der Waals surface area (Å²) in [5.41, 5.74) is 4.52. The van der Waals surface area contributed by atoms with Crippen LogP contribution in [0.15, 0.2) is 58.5 Å². The summed E-state index contributed by atoms with van der Waals surface area (Å²) in [4.78, 5) is 12.8. The van der Waals surface area contributed by atoms with Gasteiger partial charge in [-0.2, -0.15) is 5.10 Å². The highest BCUT2D eigenvalue weighted by Crippen LogP contribution is 2.14. The minimum absolute atomic E-state index is 0.0637. The van der Waals surface area contributed by atoms with Gasteiger partial charge in [-0.25, -0.2) is 5.43 Å². The fourth-order valence-electron chi connectivity index (χ4n) is 1.68. The average molecular weight is 314 g/mol. The molecule has 2 aromatic carbocycles. The first-order chi connectivity index (χ1) is 10.7. The average Bonchev–Trinajstić information content (AvgIpc) is 2.55. The maximum Gasteiger partial charge on any atom is 0.277 e. The Morgan fingerprint density at radius 2 is 1.86 bits per heavy atom. The van der Waals surface area contributed by atoms with Gasteiger partial charge in [0.25, 0.3) is 5.91 Å². The molecule has 0 spiro atoms. The van der Waals surface area contributed by atoms with Crippen LogP contribution in [-0.2, 0) is 4.79 Å². The van der Waals surface area contributed by atoms with Crippen LogP contribution in [0.1, 0.15) is 11.1 Å². The van der Waals surface area contributed by atoms with E-state index in [2.05, 4.69) is 10.5 Å². The molecule has 0 aromatic heterocycles. The molecule has 114 valence electrons. The molecule has 4 nitrogen and oxygen atoms in total. The number of hydrogen-bond acceptors (Lipinski definition) is 4. The SMILES string of the molecule is CSc1ccc(/C=N/NC(=O)COc2ccc(C)cc2)cc1. The smallest absolute Gasteiger partial charge is 0.277 e. The highest BCUT2D eigenvalue weighted by molar-refractivity contribution is 7.98. The summed E-state index contributed by atoms with van der Waals surface area (Å²) in [6.45, 7) is 1.93. The van der Waals surface area contributed by atoms with E-state index in [0.717, 1.165) is 11.1 Å². The second-order valence-electron chi connectivity index (χ2n) is 4.67. The standard InChI is InChI=1S/C17H18N2O2S/c1-13-3-7-15(8-4-13)21-12-17(20)19-18-11-14-5-9-16(22-2)10-6-14/h3-11H,12H2,1-2H3,(H,19,20)/b18-11+. The summed E-state index contributed by atoms with van der Waals surface area (Å²) in [5, 5.41) is 3.91. The Kier molecular flexibility index (Phi) is 6.03. The Bertz CT molecular complexity index is 637. The fourth-order valence-corrected chi connectivity index (χ4v) is 2.09. The van der Waals surface area contributed by atoms with Crippen LogP contribution in [0.2, 0.25) is 0 Å². The predicted molar refractivity (Wildman–Crippen MR) is 90.6 cm³/mol. The highest BCUT2D eigenvalue weighted by Gasteiger charge is 2.01. The van der Waals surface area contributed by atoms with Gasteiger partial charge in [-0.15, -0.1) is 11.8 Å². The van der Waals surface area contributed by atoms with E-state index in [1.165, 1.54) is 4.90 Å². The summed E-state index contributed by atoms with van der Waals surface area (Å²) in [6.07, 6.45) is 3.63. The number of rotatable bonds is 6. The van der Waals surface area contributed by atoms with Crippen LogP contribution >= 0.6 is 11.8 Å². The monoisotopic (exact) mass is 314 g/mol. The van der Waals surface area contributed by atoms with Gasteiger partial charge >= 0.3 is 0 Å². The Hall–Kier alpha value is -2.27. The summed E-state index contributed by atoms with van der Waals surface area (Å²) < 4.78 is 5.37. The molecule has 0 radical (unpaired) electrons. The van der Waals surface area contributed by atoms with Crippen LogP contribution in [0.3, 0.4) is 0 Å². The number of nitrogens with zero attached hydrogens (tertiary/aromatic N) is 1. The Morgan fingerprint density at radius 3 is 2.50 bits per heavy atom. The summed E-state index contributed by atoms with van der Waals surface area (Å²) in [5.74, 6) is 0.370. The summed E-state index contributed by atoms with van der Waals surface area (Å²) in [7, 11) is 0. The number of benzene rings is 2. The molecule has 0 aliphatic rings. The molecule has 0 heterocycles. The van der Waals surface area contributed by atoms with Crippen molar-refractivity contribution >= 4 is 23.9 Å². The van der Waals surface area contributed by atoms with Crippen molar-refractivity contribution in [2.24, 2.45) is 5.10 Å². The third-order valence-electron chi connectivity index (χ3n) is 2.91. The minimum Gasteiger partial charge on any atom is -0.484 e. The predicted octanol–water partition coefficient (Wildman–Crippen LogP) is 3.25. The minimum atomic E-state index is -0.294. The van der Waals surface area contributed by atoms with Crippen molar-refractivity contribution in [3.63, 3.8) is 0 Å². The van der Waals surface area contributed by atoms with Crippen molar-refractivity contribution in [1.29, 1.82) is 0 Å². The van der Waals surface area contributed by atoms with Gasteiger partial charge in [0.15, 0.2) is 6.61 Å². The van der Waals surface area contributed by atoms with Crippen LogP contribution < -0.4 is 10.2 Å². The van der Waals surface area contributed by atoms with Crippen molar-refractivity contribution in [3.05, 3.63) is 59.7 Å². The molecular formula is C17H18N2O2S. The number of hydrogen-bond donors (Lipinski definition) is 1. The molecule has 0 fully saturated rings. The molecule has 5 heteroatoms. The summed E-state index contributed by atoms with van der Waals surface area (Å²) in [6, 6.07) is 15.4. The van der Waals surface area contributed by atoms with Crippen molar-refractivity contribution < 1.29 is 9.53 Å². The van der Waals surface area contributed by atoms with Crippen molar-refractivity contribution in [1.82, 2.24) is 5.43 Å². The van der Waals surface area contributed by atoms with E-state index in [4.69, 9.17) is 4.74 Å². The first-order valence-corrected chi connectivity index (χ1v) is 8.05. The van der Waals surface area contributed by atoms with Gasteiger partial charge in [0.2, 0.25) is 0 Å². The molecule has 0 saturated carbocycles. The molecular weight excluding hydrogens is 296 g/mol. The second-order valence-corrected chi connectivity index (χ2v) is 5.55. The quantitative estimate of drug-likeness (QED) is 0.506. The number of hydrazone groups is 1. The molecule has 0 aliphatic heterocycles. The van der Waals surface area contributed by atoms with Gasteiger partial charge in [-0.1, -0.05) is 29.8 Å². The molecule has 1 N–H and O–H groups in total. The third-order valence-corrected chi connectivity index (χ3v) is 3.65. The summed E-state index contributed by atoms with van der Waals surface area (Å²) >= 11 is 1.68. The van der Waals surface area contributed by atoms with E-state index in [0.29, 0.717) is 5.75 Å². The van der Waals surface area contributed by atoms with E-state index in [1.54, 1.807) is 18.0 Å². The lowest BCUT2D eigenvalue weighted by atomic mass is 10.2. The van der Waals surface area contributed by atoms with E-state index in [9.17, 15) is 4.79 Å². The van der Waals surface area contributed by atoms with Gasteiger partial charge in [-0.3, -0.25) is 4.79 Å². The van der Waals surface area contributed by atoms with Gasteiger partial charge in [0.05, 0.1) is 6.21 Å². The Labute approximate surface area is 134 Å². The van der Waals surface area contributed by atoms with Crippen molar-refractivity contribution in [3.8, 4) is 5.75 Å². The van der Waals surface area contributed by atoms with Crippen molar-refractivity contribution in [2.75, 3.05) is 12.9 Å². The molecule has 2 aromatic rings. The third kappa shape index (κ3) is 5.26. The topological polar surface area (TPSA) is 50.7 Å². The van der Waals surface area contributed by atoms with E-state index < -0.39 is 0 Å². The Balaban J connectivity index is 1.76. The molecule has 1 amide bonds. The van der Waals surface area contributed by atoms with Gasteiger partial charge in [0.1, 0.15) is 5.75 Å². The maximum atomic E-state index is 11.6. The fraction of sp³-hybridized carbons (Fsp3) is 0.176. The number of carbonyl (C=O) groups is 1. The Morgan fingerprint density at radius 1 is 1.18 bits per heavy atom. The number of ether oxygens (including phenoxy) is 1. The van der Waals surface area contributed by atoms with E-state index in [-0.39, 0.29) is 12.5 Å². The molecule has 0 bridgehead atoms. The number of nitrogens with one attached hydrogen (secondary N) is 1.